The maximum Gasteiger partial charge on any atom is 0.120 e. The van der Waals surface area contributed by atoms with Crippen LogP contribution in [0.4, 0.5) is 0 Å². The minimum Gasteiger partial charge on any atom is -0.494 e. The zero-order valence-electron chi connectivity index (χ0n) is 13.7. The molecule has 3 heteroatoms. The molecule has 0 spiro atoms. The molecule has 1 aliphatic rings. The molecule has 1 N–H and O–H groups in total. The van der Waals surface area contributed by atoms with Crippen molar-refractivity contribution in [1.82, 2.24) is 5.32 Å². The fraction of sp³-hybridized carbons (Fsp3) is 0.400. The molecule has 1 fully saturated rings. The van der Waals surface area contributed by atoms with Crippen LogP contribution in [0.25, 0.3) is 0 Å². The number of nitrogens with one attached hydrogen (secondary N) is 1. The predicted molar refractivity (Wildman–Crippen MR) is 93.1 cm³/mol. The fourth-order valence-electron chi connectivity index (χ4n) is 2.99. The zero-order valence-corrected chi connectivity index (χ0v) is 13.7. The van der Waals surface area contributed by atoms with Crippen molar-refractivity contribution in [2.24, 2.45) is 0 Å². The minimum atomic E-state index is 0.161. The Kier molecular flexibility index (Phi) is 5.54. The molecular weight excluding hydrogens is 286 g/mol. The Morgan fingerprint density at radius 1 is 1.00 bits per heavy atom. The maximum absolute atomic E-state index is 6.26. The molecule has 122 valence electrons. The van der Waals surface area contributed by atoms with Crippen molar-refractivity contribution in [2.75, 3.05) is 13.2 Å². The number of piperidine rings is 1. The summed E-state index contributed by atoms with van der Waals surface area (Å²) in [5.74, 6) is 1.81. The van der Waals surface area contributed by atoms with Crippen molar-refractivity contribution in [3.8, 4) is 11.5 Å². The molecule has 2 aromatic carbocycles. The van der Waals surface area contributed by atoms with Crippen LogP contribution in [0, 0.1) is 0 Å². The second-order valence-electron chi connectivity index (χ2n) is 5.96. The number of benzene rings is 2. The van der Waals surface area contributed by atoms with Gasteiger partial charge < -0.3 is 14.8 Å². The summed E-state index contributed by atoms with van der Waals surface area (Å²) in [7, 11) is 0. The predicted octanol–water partition coefficient (Wildman–Crippen LogP) is 4.35. The van der Waals surface area contributed by atoms with Crippen LogP contribution >= 0.6 is 0 Å². The summed E-state index contributed by atoms with van der Waals surface area (Å²) in [6.45, 7) is 3.91. The van der Waals surface area contributed by atoms with E-state index in [0.29, 0.717) is 0 Å². The van der Waals surface area contributed by atoms with E-state index in [-0.39, 0.29) is 12.1 Å². The average molecular weight is 311 g/mol. The van der Waals surface area contributed by atoms with Gasteiger partial charge in [0.1, 0.15) is 17.6 Å². The summed E-state index contributed by atoms with van der Waals surface area (Å²) in [4.78, 5) is 0. The van der Waals surface area contributed by atoms with Crippen LogP contribution in [-0.2, 0) is 0 Å². The van der Waals surface area contributed by atoms with Crippen molar-refractivity contribution >= 4 is 0 Å². The van der Waals surface area contributed by atoms with Crippen molar-refractivity contribution < 1.29 is 9.47 Å². The number of ether oxygens (including phenoxy) is 2. The highest BCUT2D eigenvalue weighted by Gasteiger charge is 2.27. The van der Waals surface area contributed by atoms with E-state index < -0.39 is 0 Å². The standard InChI is InChI=1S/C20H25NO2/c1-2-15-22-17-10-12-18(13-11-17)23-19-9-6-14-21-20(19)16-7-4-3-5-8-16/h3-5,7-8,10-13,19-21H,2,6,9,14-15H2,1H3. The molecule has 23 heavy (non-hydrogen) atoms. The summed E-state index contributed by atoms with van der Waals surface area (Å²) < 4.78 is 11.9. The molecule has 0 bridgehead atoms. The van der Waals surface area contributed by atoms with Crippen molar-refractivity contribution in [3.05, 3.63) is 60.2 Å². The Morgan fingerprint density at radius 2 is 1.74 bits per heavy atom. The van der Waals surface area contributed by atoms with Crippen LogP contribution in [0.5, 0.6) is 11.5 Å². The molecule has 1 aliphatic heterocycles. The van der Waals surface area contributed by atoms with E-state index >= 15 is 0 Å². The molecule has 0 aliphatic carbocycles. The minimum absolute atomic E-state index is 0.161. The Balaban J connectivity index is 1.67. The van der Waals surface area contributed by atoms with Gasteiger partial charge in [-0.15, -0.1) is 0 Å². The Labute approximate surface area is 138 Å². The van der Waals surface area contributed by atoms with Gasteiger partial charge in [0.25, 0.3) is 0 Å². The van der Waals surface area contributed by atoms with Crippen LogP contribution in [0.2, 0.25) is 0 Å². The first kappa shape index (κ1) is 15.9. The van der Waals surface area contributed by atoms with Crippen molar-refractivity contribution in [2.45, 2.75) is 38.3 Å². The van der Waals surface area contributed by atoms with Gasteiger partial charge in [0, 0.05) is 0 Å². The Hall–Kier alpha value is -2.00. The third-order valence-corrected chi connectivity index (χ3v) is 4.14. The monoisotopic (exact) mass is 311 g/mol. The topological polar surface area (TPSA) is 30.5 Å². The van der Waals surface area contributed by atoms with E-state index in [2.05, 4.69) is 42.6 Å². The lowest BCUT2D eigenvalue weighted by Crippen LogP contribution is -2.40. The Bertz CT molecular complexity index is 582. The highest BCUT2D eigenvalue weighted by Crippen LogP contribution is 2.28. The van der Waals surface area contributed by atoms with Gasteiger partial charge in [0.15, 0.2) is 0 Å². The van der Waals surface area contributed by atoms with Gasteiger partial charge in [0.2, 0.25) is 0 Å². The molecule has 2 atom stereocenters. The van der Waals surface area contributed by atoms with Gasteiger partial charge in [-0.25, -0.2) is 0 Å². The zero-order chi connectivity index (χ0) is 15.9. The van der Waals surface area contributed by atoms with Gasteiger partial charge in [-0.3, -0.25) is 0 Å². The van der Waals surface area contributed by atoms with Crippen molar-refractivity contribution in [3.63, 3.8) is 0 Å². The largest absolute Gasteiger partial charge is 0.494 e. The Morgan fingerprint density at radius 3 is 2.48 bits per heavy atom. The number of rotatable bonds is 6. The second kappa shape index (κ2) is 8.02. The third kappa shape index (κ3) is 4.26. The molecular formula is C20H25NO2. The van der Waals surface area contributed by atoms with Gasteiger partial charge in [0.05, 0.1) is 12.6 Å². The van der Waals surface area contributed by atoms with E-state index in [1.807, 2.05) is 24.3 Å². The van der Waals surface area contributed by atoms with Gasteiger partial charge in [-0.1, -0.05) is 37.3 Å². The summed E-state index contributed by atoms with van der Waals surface area (Å²) >= 11 is 0. The molecule has 2 aromatic rings. The molecule has 1 saturated heterocycles. The van der Waals surface area contributed by atoms with Crippen molar-refractivity contribution in [1.29, 1.82) is 0 Å². The maximum atomic E-state index is 6.26. The van der Waals surface area contributed by atoms with Crippen LogP contribution in [0.3, 0.4) is 0 Å². The van der Waals surface area contributed by atoms with Crippen LogP contribution < -0.4 is 14.8 Å². The van der Waals surface area contributed by atoms with E-state index in [1.165, 1.54) is 5.56 Å². The molecule has 2 unspecified atom stereocenters. The first-order valence-corrected chi connectivity index (χ1v) is 8.54. The van der Waals surface area contributed by atoms with E-state index in [4.69, 9.17) is 9.47 Å². The van der Waals surface area contributed by atoms with Crippen LogP contribution in [0.15, 0.2) is 54.6 Å². The lowest BCUT2D eigenvalue weighted by Gasteiger charge is -2.33. The summed E-state index contributed by atoms with van der Waals surface area (Å²) in [6, 6.07) is 18.8. The van der Waals surface area contributed by atoms with Gasteiger partial charge in [-0.2, -0.15) is 0 Å². The first-order chi connectivity index (χ1) is 11.4. The smallest absolute Gasteiger partial charge is 0.120 e. The summed E-state index contributed by atoms with van der Waals surface area (Å²) in [6.07, 6.45) is 3.39. The molecule has 0 aromatic heterocycles. The molecule has 0 amide bonds. The second-order valence-corrected chi connectivity index (χ2v) is 5.96. The summed E-state index contributed by atoms with van der Waals surface area (Å²) in [5, 5.41) is 3.60. The quantitative estimate of drug-likeness (QED) is 0.860. The summed E-state index contributed by atoms with van der Waals surface area (Å²) in [5.41, 5.74) is 1.29. The van der Waals surface area contributed by atoms with E-state index in [0.717, 1.165) is 43.9 Å². The first-order valence-electron chi connectivity index (χ1n) is 8.54. The van der Waals surface area contributed by atoms with Crippen LogP contribution in [0.1, 0.15) is 37.8 Å². The molecule has 3 rings (SSSR count). The van der Waals surface area contributed by atoms with Crippen LogP contribution in [-0.4, -0.2) is 19.3 Å². The molecule has 3 nitrogen and oxygen atoms in total. The van der Waals surface area contributed by atoms with Gasteiger partial charge in [-0.05, 0) is 55.6 Å². The van der Waals surface area contributed by atoms with E-state index in [9.17, 15) is 0 Å². The molecule has 0 saturated carbocycles. The number of hydrogen-bond acceptors (Lipinski definition) is 3. The average Bonchev–Trinajstić information content (AvgIpc) is 2.62. The highest BCUT2D eigenvalue weighted by atomic mass is 16.5. The van der Waals surface area contributed by atoms with Gasteiger partial charge >= 0.3 is 0 Å². The van der Waals surface area contributed by atoms with E-state index in [1.54, 1.807) is 0 Å². The lowest BCUT2D eigenvalue weighted by atomic mass is 9.94. The fourth-order valence-corrected chi connectivity index (χ4v) is 2.99. The SMILES string of the molecule is CCCOc1ccc(OC2CCCNC2c2ccccc2)cc1. The third-order valence-electron chi connectivity index (χ3n) is 4.14. The lowest BCUT2D eigenvalue weighted by molar-refractivity contribution is 0.120. The number of hydrogen-bond donors (Lipinski definition) is 1. The highest BCUT2D eigenvalue weighted by molar-refractivity contribution is 5.32. The molecule has 0 radical (unpaired) electrons. The molecule has 1 heterocycles. The normalized spacial score (nSPS) is 20.9.